The summed E-state index contributed by atoms with van der Waals surface area (Å²) >= 11 is 0. The van der Waals surface area contributed by atoms with E-state index in [9.17, 15) is 5.11 Å². The second-order valence-electron chi connectivity index (χ2n) is 5.29. The van der Waals surface area contributed by atoms with Gasteiger partial charge in [0.1, 0.15) is 5.75 Å². The summed E-state index contributed by atoms with van der Waals surface area (Å²) in [5.41, 5.74) is 2.61. The predicted octanol–water partition coefficient (Wildman–Crippen LogP) is 2.20. The first-order valence-electron chi connectivity index (χ1n) is 6.42. The number of nitrogens with one attached hydrogen (secondary N) is 1. The maximum absolute atomic E-state index is 9.27. The maximum atomic E-state index is 9.27. The smallest absolute Gasteiger partial charge is 0.122 e. The van der Waals surface area contributed by atoms with Crippen LogP contribution in [0.25, 0.3) is 0 Å². The number of ether oxygens (including phenoxy) is 1. The second-order valence-corrected chi connectivity index (χ2v) is 5.29. The van der Waals surface area contributed by atoms with Crippen molar-refractivity contribution in [2.24, 2.45) is 5.41 Å². The molecular weight excluding hydrogens is 214 g/mol. The third-order valence-electron chi connectivity index (χ3n) is 3.87. The SMILES string of the molecule is OCC1(CNc2ccc3c(c2)CCCO3)CC1. The molecule has 3 heteroatoms. The summed E-state index contributed by atoms with van der Waals surface area (Å²) in [5, 5.41) is 12.7. The highest BCUT2D eigenvalue weighted by Gasteiger charge is 2.41. The zero-order valence-electron chi connectivity index (χ0n) is 10.0. The Hall–Kier alpha value is -1.22. The molecule has 2 N–H and O–H groups in total. The lowest BCUT2D eigenvalue weighted by atomic mass is 10.0. The number of benzene rings is 1. The van der Waals surface area contributed by atoms with Crippen LogP contribution in [0.15, 0.2) is 18.2 Å². The largest absolute Gasteiger partial charge is 0.493 e. The minimum Gasteiger partial charge on any atom is -0.493 e. The standard InChI is InChI=1S/C14H19NO2/c16-10-14(5-6-14)9-15-12-3-4-13-11(8-12)2-1-7-17-13/h3-4,8,15-16H,1-2,5-7,9-10H2. The van der Waals surface area contributed by atoms with Gasteiger partial charge in [-0.25, -0.2) is 0 Å². The summed E-state index contributed by atoms with van der Waals surface area (Å²) in [6, 6.07) is 6.30. The van der Waals surface area contributed by atoms with Gasteiger partial charge in [-0.1, -0.05) is 0 Å². The Kier molecular flexibility index (Phi) is 2.71. The first-order valence-corrected chi connectivity index (χ1v) is 6.42. The molecule has 3 rings (SSSR count). The molecule has 2 aliphatic rings. The molecule has 0 spiro atoms. The fourth-order valence-electron chi connectivity index (χ4n) is 2.33. The zero-order chi connectivity index (χ0) is 11.7. The van der Waals surface area contributed by atoms with Gasteiger partial charge in [-0.15, -0.1) is 0 Å². The van der Waals surface area contributed by atoms with Crippen molar-refractivity contribution in [3.8, 4) is 5.75 Å². The number of rotatable bonds is 4. The molecule has 0 amide bonds. The van der Waals surface area contributed by atoms with Gasteiger partial charge < -0.3 is 15.2 Å². The van der Waals surface area contributed by atoms with Crippen LogP contribution < -0.4 is 10.1 Å². The van der Waals surface area contributed by atoms with Gasteiger partial charge in [0.25, 0.3) is 0 Å². The highest BCUT2D eigenvalue weighted by molar-refractivity contribution is 5.52. The van der Waals surface area contributed by atoms with Crippen LogP contribution in [0, 0.1) is 5.41 Å². The average molecular weight is 233 g/mol. The number of anilines is 1. The van der Waals surface area contributed by atoms with Crippen LogP contribution in [0.2, 0.25) is 0 Å². The van der Waals surface area contributed by atoms with E-state index in [1.54, 1.807) is 0 Å². The van der Waals surface area contributed by atoms with E-state index in [4.69, 9.17) is 4.74 Å². The molecule has 17 heavy (non-hydrogen) atoms. The molecule has 0 bridgehead atoms. The molecule has 1 aliphatic heterocycles. The first kappa shape index (κ1) is 10.9. The van der Waals surface area contributed by atoms with Gasteiger partial charge >= 0.3 is 0 Å². The molecule has 1 heterocycles. The van der Waals surface area contributed by atoms with Gasteiger partial charge in [0.15, 0.2) is 0 Å². The van der Waals surface area contributed by atoms with Crippen molar-refractivity contribution in [1.82, 2.24) is 0 Å². The van der Waals surface area contributed by atoms with E-state index in [-0.39, 0.29) is 5.41 Å². The van der Waals surface area contributed by atoms with Crippen molar-refractivity contribution in [3.05, 3.63) is 23.8 Å². The van der Waals surface area contributed by atoms with Crippen molar-refractivity contribution in [2.45, 2.75) is 25.7 Å². The number of fused-ring (bicyclic) bond motifs is 1. The molecule has 92 valence electrons. The summed E-state index contributed by atoms with van der Waals surface area (Å²) < 4.78 is 5.59. The number of aryl methyl sites for hydroxylation is 1. The highest BCUT2D eigenvalue weighted by atomic mass is 16.5. The Morgan fingerprint density at radius 3 is 3.00 bits per heavy atom. The lowest BCUT2D eigenvalue weighted by molar-refractivity contribution is 0.220. The molecule has 1 saturated carbocycles. The Balaban J connectivity index is 1.67. The van der Waals surface area contributed by atoms with Gasteiger partial charge in [-0.2, -0.15) is 0 Å². The number of hydrogen-bond donors (Lipinski definition) is 2. The van der Waals surface area contributed by atoms with Crippen LogP contribution in [0.4, 0.5) is 5.69 Å². The van der Waals surface area contributed by atoms with Gasteiger partial charge in [0.2, 0.25) is 0 Å². The normalized spacial score (nSPS) is 20.3. The quantitative estimate of drug-likeness (QED) is 0.837. The van der Waals surface area contributed by atoms with Gasteiger partial charge in [0.05, 0.1) is 13.2 Å². The van der Waals surface area contributed by atoms with Crippen LogP contribution in [-0.2, 0) is 6.42 Å². The van der Waals surface area contributed by atoms with Crippen molar-refractivity contribution >= 4 is 5.69 Å². The molecule has 3 nitrogen and oxygen atoms in total. The number of aliphatic hydroxyl groups excluding tert-OH is 1. The first-order chi connectivity index (χ1) is 8.31. The van der Waals surface area contributed by atoms with Crippen LogP contribution in [0.5, 0.6) is 5.75 Å². The highest BCUT2D eigenvalue weighted by Crippen LogP contribution is 2.45. The van der Waals surface area contributed by atoms with Crippen LogP contribution in [0.3, 0.4) is 0 Å². The lowest BCUT2D eigenvalue weighted by Crippen LogP contribution is -2.19. The lowest BCUT2D eigenvalue weighted by Gasteiger charge is -2.19. The van der Waals surface area contributed by atoms with Crippen molar-refractivity contribution in [1.29, 1.82) is 0 Å². The van der Waals surface area contributed by atoms with E-state index in [1.165, 1.54) is 5.56 Å². The minimum atomic E-state index is 0.159. The van der Waals surface area contributed by atoms with Crippen LogP contribution >= 0.6 is 0 Å². The van der Waals surface area contributed by atoms with Gasteiger partial charge in [-0.05, 0) is 49.4 Å². The van der Waals surface area contributed by atoms with Crippen molar-refractivity contribution in [2.75, 3.05) is 25.1 Å². The summed E-state index contributed by atoms with van der Waals surface area (Å²) in [6.07, 6.45) is 4.50. The van der Waals surface area contributed by atoms with E-state index in [1.807, 2.05) is 0 Å². The van der Waals surface area contributed by atoms with E-state index in [0.717, 1.165) is 50.3 Å². The molecule has 1 aromatic rings. The van der Waals surface area contributed by atoms with Crippen molar-refractivity contribution < 1.29 is 9.84 Å². The summed E-state index contributed by atoms with van der Waals surface area (Å²) in [4.78, 5) is 0. The van der Waals surface area contributed by atoms with Gasteiger partial charge in [0, 0.05) is 17.6 Å². The third-order valence-corrected chi connectivity index (χ3v) is 3.87. The van der Waals surface area contributed by atoms with Crippen LogP contribution in [-0.4, -0.2) is 24.9 Å². The molecule has 0 unspecified atom stereocenters. The molecule has 1 fully saturated rings. The Morgan fingerprint density at radius 1 is 1.35 bits per heavy atom. The summed E-state index contributed by atoms with van der Waals surface area (Å²) in [6.45, 7) is 2.02. The minimum absolute atomic E-state index is 0.159. The molecule has 1 aliphatic carbocycles. The van der Waals surface area contributed by atoms with Crippen LogP contribution in [0.1, 0.15) is 24.8 Å². The summed E-state index contributed by atoms with van der Waals surface area (Å²) in [5.74, 6) is 1.03. The van der Waals surface area contributed by atoms with E-state index < -0.39 is 0 Å². The number of hydrogen-bond acceptors (Lipinski definition) is 3. The predicted molar refractivity (Wildman–Crippen MR) is 67.5 cm³/mol. The fourth-order valence-corrected chi connectivity index (χ4v) is 2.33. The Bertz CT molecular complexity index is 413. The molecule has 0 radical (unpaired) electrons. The second kappa shape index (κ2) is 4.22. The summed E-state index contributed by atoms with van der Waals surface area (Å²) in [7, 11) is 0. The molecule has 0 aromatic heterocycles. The molecule has 0 atom stereocenters. The van der Waals surface area contributed by atoms with Crippen molar-refractivity contribution in [3.63, 3.8) is 0 Å². The Labute approximate surface area is 102 Å². The molecule has 0 saturated heterocycles. The topological polar surface area (TPSA) is 41.5 Å². The monoisotopic (exact) mass is 233 g/mol. The maximum Gasteiger partial charge on any atom is 0.122 e. The zero-order valence-corrected chi connectivity index (χ0v) is 10.0. The molecule has 1 aromatic carbocycles. The van der Waals surface area contributed by atoms with E-state index in [0.29, 0.717) is 6.61 Å². The third kappa shape index (κ3) is 2.25. The molecular formula is C14H19NO2. The van der Waals surface area contributed by atoms with E-state index in [2.05, 4.69) is 23.5 Å². The van der Waals surface area contributed by atoms with E-state index >= 15 is 0 Å². The fraction of sp³-hybridized carbons (Fsp3) is 0.571. The Morgan fingerprint density at radius 2 is 2.24 bits per heavy atom. The number of aliphatic hydroxyl groups is 1. The van der Waals surface area contributed by atoms with Gasteiger partial charge in [-0.3, -0.25) is 0 Å². The average Bonchev–Trinajstić information content (AvgIpc) is 3.17.